The number of hydrogen-bond acceptors (Lipinski definition) is 6. The Morgan fingerprint density at radius 3 is 2.46 bits per heavy atom. The molecule has 0 bridgehead atoms. The van der Waals surface area contributed by atoms with Gasteiger partial charge in [0.25, 0.3) is 0 Å². The molecule has 2 heterocycles. The van der Waals surface area contributed by atoms with Gasteiger partial charge < -0.3 is 14.8 Å². The van der Waals surface area contributed by atoms with Crippen LogP contribution in [0.5, 0.6) is 0 Å². The molecule has 8 heteroatoms. The van der Waals surface area contributed by atoms with Crippen molar-refractivity contribution in [3.63, 3.8) is 0 Å². The lowest BCUT2D eigenvalue weighted by atomic mass is 10.0. The molecule has 170 valence electrons. The number of esters is 1. The first kappa shape index (κ1) is 22.3. The Labute approximate surface area is 208 Å². The van der Waals surface area contributed by atoms with Crippen LogP contribution in [0.1, 0.15) is 16.2 Å². The van der Waals surface area contributed by atoms with Gasteiger partial charge in [-0.2, -0.15) is 5.26 Å². The van der Waals surface area contributed by atoms with Gasteiger partial charge in [0.1, 0.15) is 18.2 Å². The zero-order chi connectivity index (χ0) is 24.4. The Kier molecular flexibility index (Phi) is 6.00. The summed E-state index contributed by atoms with van der Waals surface area (Å²) < 4.78 is 6.34. The molecule has 5 aromatic rings. The Bertz CT molecular complexity index is 1620. The molecule has 0 saturated carbocycles. The van der Waals surface area contributed by atoms with Gasteiger partial charge in [-0.15, -0.1) is 0 Å². The van der Waals surface area contributed by atoms with E-state index in [1.54, 1.807) is 18.2 Å². The summed E-state index contributed by atoms with van der Waals surface area (Å²) in [6.45, 7) is -0.483. The third-order valence-electron chi connectivity index (χ3n) is 5.44. The number of aromatic amines is 1. The summed E-state index contributed by atoms with van der Waals surface area (Å²) in [4.78, 5) is 25.1. The minimum atomic E-state index is -0.643. The molecule has 0 aliphatic carbocycles. The van der Waals surface area contributed by atoms with Gasteiger partial charge in [0.05, 0.1) is 27.8 Å². The maximum Gasteiger partial charge on any atom is 0.339 e. The third kappa shape index (κ3) is 4.50. The van der Waals surface area contributed by atoms with E-state index in [0.29, 0.717) is 27.7 Å². The number of nitrogens with zero attached hydrogens (tertiary/aromatic N) is 3. The van der Waals surface area contributed by atoms with Gasteiger partial charge in [-0.05, 0) is 36.4 Å². The molecule has 5 rings (SSSR count). The predicted octanol–water partition coefficient (Wildman–Crippen LogP) is 6.19. The second kappa shape index (κ2) is 9.41. The summed E-state index contributed by atoms with van der Waals surface area (Å²) in [5.41, 5.74) is 3.69. The lowest BCUT2D eigenvalue weighted by molar-refractivity contribution is 0.0505. The number of carbonyl (C=O) groups is 1. The summed E-state index contributed by atoms with van der Waals surface area (Å²) in [5, 5.41) is 20.8. The number of allylic oxidation sites excluding steroid dienone is 1. The van der Waals surface area contributed by atoms with Crippen LogP contribution in [0.25, 0.3) is 38.8 Å². The highest BCUT2D eigenvalue weighted by Crippen LogP contribution is 2.27. The van der Waals surface area contributed by atoms with E-state index < -0.39 is 18.3 Å². The number of benzene rings is 3. The molecule has 0 aliphatic rings. The van der Waals surface area contributed by atoms with Gasteiger partial charge in [0.2, 0.25) is 0 Å². The number of aliphatic hydroxyl groups excluding tert-OH is 1. The second-order valence-electron chi connectivity index (χ2n) is 7.69. The Morgan fingerprint density at radius 2 is 1.71 bits per heavy atom. The number of imidazole rings is 1. The lowest BCUT2D eigenvalue weighted by Gasteiger charge is -2.10. The van der Waals surface area contributed by atoms with Crippen LogP contribution in [-0.4, -0.2) is 32.6 Å². The van der Waals surface area contributed by atoms with Crippen LogP contribution >= 0.6 is 15.9 Å². The van der Waals surface area contributed by atoms with Crippen LogP contribution in [-0.2, 0) is 4.74 Å². The van der Waals surface area contributed by atoms with Crippen molar-refractivity contribution in [2.75, 3.05) is 6.61 Å². The molecule has 0 spiro atoms. The van der Waals surface area contributed by atoms with Crippen LogP contribution in [0.3, 0.4) is 0 Å². The van der Waals surface area contributed by atoms with Crippen molar-refractivity contribution in [2.45, 2.75) is 0 Å². The van der Waals surface area contributed by atoms with Crippen LogP contribution in [0, 0.1) is 11.3 Å². The fourth-order valence-corrected chi connectivity index (χ4v) is 3.99. The second-order valence-corrected chi connectivity index (χ2v) is 8.61. The SMILES string of the molecule is N#CC(=C(O)COC(=O)c1cc(-c2ccc(Br)cc2)nc2ccccc12)c1nc2ccccc2[nH]1. The Hall–Kier alpha value is -4.48. The largest absolute Gasteiger partial charge is 0.507 e. The van der Waals surface area contributed by atoms with Crippen molar-refractivity contribution in [3.8, 4) is 17.3 Å². The molecular weight excluding hydrogens is 508 g/mol. The smallest absolute Gasteiger partial charge is 0.339 e. The van der Waals surface area contributed by atoms with E-state index in [2.05, 4.69) is 30.9 Å². The van der Waals surface area contributed by atoms with E-state index in [4.69, 9.17) is 4.74 Å². The first-order valence-electron chi connectivity index (χ1n) is 10.6. The molecule has 0 aliphatic heterocycles. The zero-order valence-electron chi connectivity index (χ0n) is 18.2. The highest BCUT2D eigenvalue weighted by molar-refractivity contribution is 9.10. The lowest BCUT2D eigenvalue weighted by Crippen LogP contribution is -2.10. The standard InChI is InChI=1S/C27H17BrN4O3/c28-17-11-9-16(10-12-17)24-13-19(18-5-1-2-6-21(18)30-24)27(34)35-15-25(33)20(14-29)26-31-22-7-3-4-8-23(22)32-26/h1-13,33H,15H2,(H,31,32). The van der Waals surface area contributed by atoms with Crippen LogP contribution < -0.4 is 0 Å². The van der Waals surface area contributed by atoms with E-state index in [1.807, 2.05) is 66.7 Å². The number of rotatable bonds is 5. The van der Waals surface area contributed by atoms with Gasteiger partial charge >= 0.3 is 5.97 Å². The number of H-pyrrole nitrogens is 1. The van der Waals surface area contributed by atoms with E-state index in [1.165, 1.54) is 0 Å². The molecule has 3 aromatic carbocycles. The molecule has 7 nitrogen and oxygen atoms in total. The van der Waals surface area contributed by atoms with E-state index in [9.17, 15) is 15.2 Å². The van der Waals surface area contributed by atoms with Crippen molar-refractivity contribution in [1.82, 2.24) is 15.0 Å². The number of nitrogens with one attached hydrogen (secondary N) is 1. The fraction of sp³-hybridized carbons (Fsp3) is 0.0370. The number of para-hydroxylation sites is 3. The van der Waals surface area contributed by atoms with Crippen molar-refractivity contribution in [2.24, 2.45) is 0 Å². The first-order valence-corrected chi connectivity index (χ1v) is 11.4. The highest BCUT2D eigenvalue weighted by atomic mass is 79.9. The molecule has 0 radical (unpaired) electrons. The fourth-order valence-electron chi connectivity index (χ4n) is 3.72. The summed E-state index contributed by atoms with van der Waals surface area (Å²) >= 11 is 3.42. The predicted molar refractivity (Wildman–Crippen MR) is 136 cm³/mol. The van der Waals surface area contributed by atoms with Crippen LogP contribution in [0.15, 0.2) is 89.1 Å². The molecule has 2 N–H and O–H groups in total. The monoisotopic (exact) mass is 524 g/mol. The van der Waals surface area contributed by atoms with Crippen LogP contribution in [0.2, 0.25) is 0 Å². The molecular formula is C27H17BrN4O3. The minimum absolute atomic E-state index is 0.0934. The number of pyridine rings is 1. The first-order chi connectivity index (χ1) is 17.0. The highest BCUT2D eigenvalue weighted by Gasteiger charge is 2.18. The molecule has 0 atom stereocenters. The third-order valence-corrected chi connectivity index (χ3v) is 5.97. The Morgan fingerprint density at radius 1 is 1.00 bits per heavy atom. The molecule has 0 amide bonds. The maximum absolute atomic E-state index is 13.1. The van der Waals surface area contributed by atoms with Crippen molar-refractivity contribution in [3.05, 3.63) is 100 Å². The van der Waals surface area contributed by atoms with Gasteiger partial charge in [-0.25, -0.2) is 14.8 Å². The average Bonchev–Trinajstić information content (AvgIpc) is 3.31. The number of aliphatic hydroxyl groups is 1. The van der Waals surface area contributed by atoms with Crippen molar-refractivity contribution in [1.29, 1.82) is 5.26 Å². The summed E-state index contributed by atoms with van der Waals surface area (Å²) in [6.07, 6.45) is 0. The minimum Gasteiger partial charge on any atom is -0.507 e. The normalized spacial score (nSPS) is 11.8. The molecule has 35 heavy (non-hydrogen) atoms. The zero-order valence-corrected chi connectivity index (χ0v) is 19.8. The number of nitriles is 1. The number of ether oxygens (including phenoxy) is 1. The van der Waals surface area contributed by atoms with Crippen molar-refractivity contribution >= 4 is 49.4 Å². The molecule has 0 unspecified atom stereocenters. The van der Waals surface area contributed by atoms with Gasteiger partial charge in [-0.3, -0.25) is 0 Å². The summed E-state index contributed by atoms with van der Waals surface area (Å²) in [5.74, 6) is -0.837. The number of fused-ring (bicyclic) bond motifs is 2. The van der Waals surface area contributed by atoms with E-state index in [-0.39, 0.29) is 11.4 Å². The van der Waals surface area contributed by atoms with Crippen LogP contribution in [0.4, 0.5) is 0 Å². The maximum atomic E-state index is 13.1. The van der Waals surface area contributed by atoms with E-state index in [0.717, 1.165) is 15.6 Å². The molecule has 2 aromatic heterocycles. The Balaban J connectivity index is 1.46. The average molecular weight is 525 g/mol. The number of halogens is 1. The van der Waals surface area contributed by atoms with Crippen molar-refractivity contribution < 1.29 is 14.6 Å². The summed E-state index contributed by atoms with van der Waals surface area (Å²) in [7, 11) is 0. The summed E-state index contributed by atoms with van der Waals surface area (Å²) in [6, 6.07) is 25.7. The number of aromatic nitrogens is 3. The van der Waals surface area contributed by atoms with Gasteiger partial charge in [0, 0.05) is 15.4 Å². The topological polar surface area (TPSA) is 112 Å². The molecule has 0 saturated heterocycles. The molecule has 0 fully saturated rings. The number of carbonyl (C=O) groups excluding carboxylic acids is 1. The van der Waals surface area contributed by atoms with Gasteiger partial charge in [0.15, 0.2) is 11.6 Å². The quantitative estimate of drug-likeness (QED) is 0.161. The van der Waals surface area contributed by atoms with E-state index >= 15 is 0 Å². The number of hydrogen-bond donors (Lipinski definition) is 2. The van der Waals surface area contributed by atoms with Gasteiger partial charge in [-0.1, -0.05) is 58.4 Å².